The molecule has 0 aliphatic carbocycles. The first kappa shape index (κ1) is 14.5. The molecule has 2 rings (SSSR count). The summed E-state index contributed by atoms with van der Waals surface area (Å²) < 4.78 is 52.2. The molecule has 1 aromatic carbocycles. The van der Waals surface area contributed by atoms with E-state index in [1.165, 1.54) is 0 Å². The third-order valence-corrected chi connectivity index (χ3v) is 4.43. The molecule has 0 saturated heterocycles. The van der Waals surface area contributed by atoms with E-state index in [1.54, 1.807) is 11.4 Å². The zero-order valence-electron chi connectivity index (χ0n) is 9.21. The van der Waals surface area contributed by atoms with Crippen molar-refractivity contribution < 1.29 is 22.7 Å². The average molecular weight is 355 g/mol. The van der Waals surface area contributed by atoms with Crippen molar-refractivity contribution in [1.82, 2.24) is 0 Å². The van der Waals surface area contributed by atoms with Crippen molar-refractivity contribution in [3.63, 3.8) is 0 Å². The first-order chi connectivity index (χ1) is 8.80. The molecule has 1 unspecified atom stereocenters. The van der Waals surface area contributed by atoms with Crippen LogP contribution in [0.25, 0.3) is 0 Å². The van der Waals surface area contributed by atoms with Crippen LogP contribution in [-0.2, 0) is 6.18 Å². The summed E-state index contributed by atoms with van der Waals surface area (Å²) in [6.07, 6.45) is -6.17. The molecule has 102 valence electrons. The van der Waals surface area contributed by atoms with Gasteiger partial charge in [0.05, 0.1) is 10.4 Å². The number of thiophene rings is 1. The smallest absolute Gasteiger partial charge is 0.383 e. The van der Waals surface area contributed by atoms with Crippen LogP contribution in [-0.4, -0.2) is 5.11 Å². The summed E-state index contributed by atoms with van der Waals surface area (Å²) in [6, 6.07) is 3.67. The van der Waals surface area contributed by atoms with E-state index in [0.29, 0.717) is 21.5 Å². The van der Waals surface area contributed by atoms with Gasteiger partial charge in [-0.3, -0.25) is 0 Å². The van der Waals surface area contributed by atoms with Crippen LogP contribution in [0.5, 0.6) is 0 Å². The molecule has 0 amide bonds. The van der Waals surface area contributed by atoms with Gasteiger partial charge in [-0.15, -0.1) is 11.3 Å². The molecule has 1 nitrogen and oxygen atoms in total. The average Bonchev–Trinajstić information content (AvgIpc) is 2.72. The number of rotatable bonds is 2. The highest BCUT2D eigenvalue weighted by atomic mass is 79.9. The van der Waals surface area contributed by atoms with Gasteiger partial charge in [-0.1, -0.05) is 0 Å². The van der Waals surface area contributed by atoms with Crippen LogP contribution in [0, 0.1) is 5.82 Å². The molecule has 1 aromatic heterocycles. The molecule has 0 aliphatic heterocycles. The monoisotopic (exact) mass is 354 g/mol. The van der Waals surface area contributed by atoms with Crippen molar-refractivity contribution >= 4 is 27.3 Å². The summed E-state index contributed by atoms with van der Waals surface area (Å²) in [7, 11) is 0. The van der Waals surface area contributed by atoms with Crippen LogP contribution in [0.1, 0.15) is 22.1 Å². The molecule has 7 heteroatoms. The highest BCUT2D eigenvalue weighted by Crippen LogP contribution is 2.40. The zero-order valence-corrected chi connectivity index (χ0v) is 11.6. The van der Waals surface area contributed by atoms with Gasteiger partial charge in [-0.2, -0.15) is 13.2 Å². The standard InChI is InChI=1S/C12H7BrF4OS/c13-9-3-4-19-11(9)10(18)7-5-6(14)1-2-8(7)12(15,16)17/h1-5,10,18H. The Morgan fingerprint density at radius 1 is 1.21 bits per heavy atom. The Labute approximate surface area is 118 Å². The lowest BCUT2D eigenvalue weighted by Crippen LogP contribution is -2.12. The fourth-order valence-electron chi connectivity index (χ4n) is 1.66. The molecule has 1 N–H and O–H groups in total. The van der Waals surface area contributed by atoms with Crippen molar-refractivity contribution in [2.45, 2.75) is 12.3 Å². The third-order valence-electron chi connectivity index (χ3n) is 2.51. The molecular weight excluding hydrogens is 348 g/mol. The number of hydrogen-bond acceptors (Lipinski definition) is 2. The molecule has 0 radical (unpaired) electrons. The number of benzene rings is 1. The number of halogens is 5. The molecule has 1 atom stereocenters. The Hall–Kier alpha value is -0.920. The second kappa shape index (κ2) is 5.22. The van der Waals surface area contributed by atoms with Gasteiger partial charge in [-0.25, -0.2) is 4.39 Å². The second-order valence-corrected chi connectivity index (χ2v) is 5.57. The van der Waals surface area contributed by atoms with E-state index in [2.05, 4.69) is 15.9 Å². The summed E-state index contributed by atoms with van der Waals surface area (Å²) in [5.41, 5.74) is -1.53. The van der Waals surface area contributed by atoms with E-state index >= 15 is 0 Å². The molecular formula is C12H7BrF4OS. The topological polar surface area (TPSA) is 20.2 Å². The molecule has 0 aliphatic rings. The lowest BCUT2D eigenvalue weighted by molar-refractivity contribution is -0.139. The summed E-state index contributed by atoms with van der Waals surface area (Å²) in [5.74, 6) is -0.824. The van der Waals surface area contributed by atoms with Crippen molar-refractivity contribution in [3.8, 4) is 0 Å². The van der Waals surface area contributed by atoms with E-state index in [1.807, 2.05) is 0 Å². The highest BCUT2D eigenvalue weighted by molar-refractivity contribution is 9.10. The van der Waals surface area contributed by atoms with Gasteiger partial charge in [0, 0.05) is 10.0 Å². The van der Waals surface area contributed by atoms with Crippen molar-refractivity contribution in [1.29, 1.82) is 0 Å². The van der Waals surface area contributed by atoms with Crippen molar-refractivity contribution in [2.24, 2.45) is 0 Å². The minimum absolute atomic E-state index is 0.302. The second-order valence-electron chi connectivity index (χ2n) is 3.76. The number of aliphatic hydroxyl groups excluding tert-OH is 1. The first-order valence-corrected chi connectivity index (χ1v) is 6.75. The fraction of sp³-hybridized carbons (Fsp3) is 0.167. The van der Waals surface area contributed by atoms with Gasteiger partial charge in [0.2, 0.25) is 0 Å². The summed E-state index contributed by atoms with van der Waals surface area (Å²) in [5, 5.41) is 11.7. The lowest BCUT2D eigenvalue weighted by atomic mass is 10.0. The maximum atomic E-state index is 13.2. The summed E-state index contributed by atoms with van der Waals surface area (Å²) in [6.45, 7) is 0. The first-order valence-electron chi connectivity index (χ1n) is 5.08. The van der Waals surface area contributed by atoms with Crippen LogP contribution in [0.2, 0.25) is 0 Å². The van der Waals surface area contributed by atoms with Gasteiger partial charge in [-0.05, 0) is 45.6 Å². The Morgan fingerprint density at radius 3 is 2.42 bits per heavy atom. The van der Waals surface area contributed by atoms with Gasteiger partial charge in [0.25, 0.3) is 0 Å². The Kier molecular flexibility index (Phi) is 3.98. The van der Waals surface area contributed by atoms with E-state index < -0.39 is 29.2 Å². The van der Waals surface area contributed by atoms with E-state index in [4.69, 9.17) is 0 Å². The largest absolute Gasteiger partial charge is 0.416 e. The predicted octanol–water partition coefficient (Wildman–Crippen LogP) is 4.75. The van der Waals surface area contributed by atoms with Crippen molar-refractivity contribution in [2.75, 3.05) is 0 Å². The van der Waals surface area contributed by atoms with Gasteiger partial charge >= 0.3 is 6.18 Å². The Balaban J connectivity index is 2.55. The van der Waals surface area contributed by atoms with E-state index in [0.717, 1.165) is 17.4 Å². The molecule has 0 bridgehead atoms. The number of aliphatic hydroxyl groups is 1. The third kappa shape index (κ3) is 2.98. The van der Waals surface area contributed by atoms with Crippen LogP contribution >= 0.6 is 27.3 Å². The lowest BCUT2D eigenvalue weighted by Gasteiger charge is -2.17. The minimum atomic E-state index is -4.65. The van der Waals surface area contributed by atoms with Crippen LogP contribution < -0.4 is 0 Å². The zero-order chi connectivity index (χ0) is 14.2. The fourth-order valence-corrected chi connectivity index (χ4v) is 3.25. The van der Waals surface area contributed by atoms with Gasteiger partial charge in [0.15, 0.2) is 0 Å². The summed E-state index contributed by atoms with van der Waals surface area (Å²) >= 11 is 4.22. The molecule has 0 fully saturated rings. The SMILES string of the molecule is OC(c1cc(F)ccc1C(F)(F)F)c1sccc1Br. The molecule has 0 saturated carbocycles. The molecule has 1 heterocycles. The van der Waals surface area contributed by atoms with Gasteiger partial charge < -0.3 is 5.11 Å². The molecule has 2 aromatic rings. The quantitative estimate of drug-likeness (QED) is 0.771. The van der Waals surface area contributed by atoms with E-state index in [9.17, 15) is 22.7 Å². The maximum absolute atomic E-state index is 13.2. The normalized spacial score (nSPS) is 13.6. The highest BCUT2D eigenvalue weighted by Gasteiger charge is 2.36. The number of alkyl halides is 3. The summed E-state index contributed by atoms with van der Waals surface area (Å²) in [4.78, 5) is 0.302. The minimum Gasteiger partial charge on any atom is -0.383 e. The Bertz CT molecular complexity index is 594. The van der Waals surface area contributed by atoms with Crippen LogP contribution in [0.4, 0.5) is 17.6 Å². The predicted molar refractivity (Wildman–Crippen MR) is 67.5 cm³/mol. The Morgan fingerprint density at radius 2 is 1.89 bits per heavy atom. The van der Waals surface area contributed by atoms with Crippen molar-refractivity contribution in [3.05, 3.63) is 55.9 Å². The van der Waals surface area contributed by atoms with Crippen LogP contribution in [0.3, 0.4) is 0 Å². The maximum Gasteiger partial charge on any atom is 0.416 e. The molecule has 19 heavy (non-hydrogen) atoms. The van der Waals surface area contributed by atoms with Gasteiger partial charge in [0.1, 0.15) is 11.9 Å². The van der Waals surface area contributed by atoms with Crippen LogP contribution in [0.15, 0.2) is 34.1 Å². The number of hydrogen-bond donors (Lipinski definition) is 1. The van der Waals surface area contributed by atoms with E-state index in [-0.39, 0.29) is 0 Å². The molecule has 0 spiro atoms.